The highest BCUT2D eigenvalue weighted by Crippen LogP contribution is 2.23. The van der Waals surface area contributed by atoms with Crippen molar-refractivity contribution in [3.63, 3.8) is 0 Å². The summed E-state index contributed by atoms with van der Waals surface area (Å²) < 4.78 is 10.1. The maximum atomic E-state index is 12.2. The molecule has 2 rings (SSSR count). The van der Waals surface area contributed by atoms with E-state index >= 15 is 0 Å². The molecule has 7 nitrogen and oxygen atoms in total. The van der Waals surface area contributed by atoms with Crippen LogP contribution < -0.4 is 10.2 Å². The maximum Gasteiger partial charge on any atom is 0.324 e. The molecule has 126 valence electrons. The number of rotatable bonds is 6. The van der Waals surface area contributed by atoms with Crippen LogP contribution in [0.25, 0.3) is 0 Å². The van der Waals surface area contributed by atoms with E-state index < -0.39 is 17.9 Å². The summed E-state index contributed by atoms with van der Waals surface area (Å²) >= 11 is 0. The van der Waals surface area contributed by atoms with Gasteiger partial charge in [0.2, 0.25) is 0 Å². The molecule has 23 heavy (non-hydrogen) atoms. The van der Waals surface area contributed by atoms with Crippen molar-refractivity contribution in [1.29, 1.82) is 0 Å². The monoisotopic (exact) mass is 321 g/mol. The second-order valence-electron chi connectivity index (χ2n) is 5.12. The molecule has 7 heteroatoms. The number of carbonyl (C=O) groups is 2. The van der Waals surface area contributed by atoms with E-state index in [1.165, 1.54) is 0 Å². The van der Waals surface area contributed by atoms with E-state index in [1.54, 1.807) is 32.2 Å². The number of anilines is 1. The van der Waals surface area contributed by atoms with Gasteiger partial charge in [-0.05, 0) is 31.5 Å². The van der Waals surface area contributed by atoms with Gasteiger partial charge in [-0.1, -0.05) is 0 Å². The summed E-state index contributed by atoms with van der Waals surface area (Å²) in [5, 5.41) is 3.27. The Labute approximate surface area is 136 Å². The number of pyridine rings is 1. The van der Waals surface area contributed by atoms with Crippen molar-refractivity contribution >= 4 is 17.8 Å². The average Bonchev–Trinajstić information content (AvgIpc) is 2.57. The molecule has 1 fully saturated rings. The lowest BCUT2D eigenvalue weighted by molar-refractivity contribution is -0.156. The Morgan fingerprint density at radius 2 is 1.83 bits per heavy atom. The van der Waals surface area contributed by atoms with Gasteiger partial charge in [0.1, 0.15) is 5.82 Å². The summed E-state index contributed by atoms with van der Waals surface area (Å²) in [6, 6.07) is 3.42. The molecule has 0 aliphatic carbocycles. The lowest BCUT2D eigenvalue weighted by Gasteiger charge is -2.28. The number of aromatic nitrogens is 1. The minimum absolute atomic E-state index is 0.213. The maximum absolute atomic E-state index is 12.2. The third kappa shape index (κ3) is 4.41. The quantitative estimate of drug-likeness (QED) is 0.610. The molecule has 0 aromatic carbocycles. The summed E-state index contributed by atoms with van der Waals surface area (Å²) in [7, 11) is 0. The Hall–Kier alpha value is -2.15. The fraction of sp³-hybridized carbons (Fsp3) is 0.562. The summed E-state index contributed by atoms with van der Waals surface area (Å²) in [5.74, 6) is -1.51. The third-order valence-electron chi connectivity index (χ3n) is 3.59. The van der Waals surface area contributed by atoms with Gasteiger partial charge in [-0.2, -0.15) is 0 Å². The molecule has 0 amide bonds. The molecule has 1 N–H and O–H groups in total. The number of piperazine rings is 1. The number of hydrogen-bond acceptors (Lipinski definition) is 7. The number of hydrogen-bond donors (Lipinski definition) is 1. The summed E-state index contributed by atoms with van der Waals surface area (Å²) in [6.45, 7) is 7.27. The van der Waals surface area contributed by atoms with Gasteiger partial charge in [0, 0.05) is 32.4 Å². The molecule has 0 atom stereocenters. The molecular formula is C16H23N3O4. The Kier molecular flexibility index (Phi) is 6.34. The van der Waals surface area contributed by atoms with Crippen molar-refractivity contribution in [1.82, 2.24) is 10.3 Å². The van der Waals surface area contributed by atoms with Crippen LogP contribution in [0.15, 0.2) is 18.3 Å². The van der Waals surface area contributed by atoms with Gasteiger partial charge >= 0.3 is 11.9 Å². The molecule has 0 bridgehead atoms. The van der Waals surface area contributed by atoms with Crippen molar-refractivity contribution in [3.05, 3.63) is 23.9 Å². The molecule has 1 aromatic rings. The molecule has 0 unspecified atom stereocenters. The Morgan fingerprint density at radius 1 is 1.22 bits per heavy atom. The first-order valence-electron chi connectivity index (χ1n) is 7.92. The first-order chi connectivity index (χ1) is 11.2. The predicted octanol–water partition coefficient (Wildman–Crippen LogP) is 0.701. The van der Waals surface area contributed by atoms with Crippen molar-refractivity contribution < 1.29 is 19.1 Å². The Bertz CT molecular complexity index is 526. The van der Waals surface area contributed by atoms with Crippen molar-refractivity contribution in [2.24, 2.45) is 0 Å². The number of ether oxygens (including phenoxy) is 2. The molecule has 2 heterocycles. The van der Waals surface area contributed by atoms with Gasteiger partial charge in [-0.25, -0.2) is 4.98 Å². The van der Waals surface area contributed by atoms with E-state index in [0.29, 0.717) is 5.56 Å². The topological polar surface area (TPSA) is 80.8 Å². The fourth-order valence-corrected chi connectivity index (χ4v) is 2.50. The number of carbonyl (C=O) groups excluding carboxylic acids is 2. The van der Waals surface area contributed by atoms with E-state index in [0.717, 1.165) is 32.0 Å². The smallest absolute Gasteiger partial charge is 0.324 e. The van der Waals surface area contributed by atoms with Gasteiger partial charge in [0.25, 0.3) is 0 Å². The molecule has 1 aromatic heterocycles. The van der Waals surface area contributed by atoms with Gasteiger partial charge < -0.3 is 19.7 Å². The summed E-state index contributed by atoms with van der Waals surface area (Å²) in [6.07, 6.45) is 1.61. The lowest BCUT2D eigenvalue weighted by atomic mass is 10.00. The molecule has 0 spiro atoms. The lowest BCUT2D eigenvalue weighted by Crippen LogP contribution is -2.44. The number of nitrogens with zero attached hydrogens (tertiary/aromatic N) is 2. The SMILES string of the molecule is CCOC(=O)C(C(=O)OCC)c1ccnc(N2CCNCC2)c1. The van der Waals surface area contributed by atoms with Crippen LogP contribution >= 0.6 is 0 Å². The third-order valence-corrected chi connectivity index (χ3v) is 3.59. The number of nitrogens with one attached hydrogen (secondary N) is 1. The van der Waals surface area contributed by atoms with Crippen molar-refractivity contribution in [2.45, 2.75) is 19.8 Å². The van der Waals surface area contributed by atoms with Crippen LogP contribution in [-0.2, 0) is 19.1 Å². The van der Waals surface area contributed by atoms with Crippen molar-refractivity contribution in [3.8, 4) is 0 Å². The van der Waals surface area contributed by atoms with E-state index in [9.17, 15) is 9.59 Å². The fourth-order valence-electron chi connectivity index (χ4n) is 2.50. The van der Waals surface area contributed by atoms with Crippen LogP contribution in [0.1, 0.15) is 25.3 Å². The highest BCUT2D eigenvalue weighted by atomic mass is 16.6. The zero-order valence-electron chi connectivity index (χ0n) is 13.6. The van der Waals surface area contributed by atoms with E-state index in [2.05, 4.69) is 15.2 Å². The second kappa shape index (κ2) is 8.47. The van der Waals surface area contributed by atoms with E-state index in [1.807, 2.05) is 0 Å². The van der Waals surface area contributed by atoms with Gasteiger partial charge in [0.15, 0.2) is 5.92 Å². The first-order valence-corrected chi connectivity index (χ1v) is 7.92. The highest BCUT2D eigenvalue weighted by molar-refractivity contribution is 6.01. The normalized spacial score (nSPS) is 14.7. The first kappa shape index (κ1) is 17.2. The predicted molar refractivity (Wildman–Crippen MR) is 85.3 cm³/mol. The average molecular weight is 321 g/mol. The summed E-state index contributed by atoms with van der Waals surface area (Å²) in [5.41, 5.74) is 0.547. The molecular weight excluding hydrogens is 298 g/mol. The van der Waals surface area contributed by atoms with Crippen LogP contribution in [0.5, 0.6) is 0 Å². The van der Waals surface area contributed by atoms with Crippen LogP contribution in [0.4, 0.5) is 5.82 Å². The molecule has 0 radical (unpaired) electrons. The van der Waals surface area contributed by atoms with Gasteiger partial charge in [-0.15, -0.1) is 0 Å². The minimum atomic E-state index is -1.07. The standard InChI is InChI=1S/C16H23N3O4/c1-3-22-15(20)14(16(21)23-4-2)12-5-6-18-13(11-12)19-9-7-17-8-10-19/h5-6,11,14,17H,3-4,7-10H2,1-2H3. The molecule has 1 aliphatic heterocycles. The number of esters is 2. The largest absolute Gasteiger partial charge is 0.465 e. The van der Waals surface area contributed by atoms with Crippen LogP contribution in [0.3, 0.4) is 0 Å². The van der Waals surface area contributed by atoms with E-state index in [-0.39, 0.29) is 13.2 Å². The van der Waals surface area contributed by atoms with Gasteiger partial charge in [0.05, 0.1) is 13.2 Å². The summed E-state index contributed by atoms with van der Waals surface area (Å²) in [4.78, 5) is 30.8. The molecule has 1 aliphatic rings. The Morgan fingerprint density at radius 3 is 2.39 bits per heavy atom. The van der Waals surface area contributed by atoms with Crippen molar-refractivity contribution in [2.75, 3.05) is 44.3 Å². The molecule has 1 saturated heterocycles. The second-order valence-corrected chi connectivity index (χ2v) is 5.12. The Balaban J connectivity index is 2.26. The van der Waals surface area contributed by atoms with Crippen LogP contribution in [-0.4, -0.2) is 56.3 Å². The highest BCUT2D eigenvalue weighted by Gasteiger charge is 2.32. The van der Waals surface area contributed by atoms with Crippen LogP contribution in [0.2, 0.25) is 0 Å². The zero-order valence-corrected chi connectivity index (χ0v) is 13.6. The van der Waals surface area contributed by atoms with Crippen LogP contribution in [0, 0.1) is 0 Å². The van der Waals surface area contributed by atoms with E-state index in [4.69, 9.17) is 9.47 Å². The molecule has 0 saturated carbocycles. The minimum Gasteiger partial charge on any atom is -0.465 e. The zero-order chi connectivity index (χ0) is 16.7. The van der Waals surface area contributed by atoms with Gasteiger partial charge in [-0.3, -0.25) is 9.59 Å².